The van der Waals surface area contributed by atoms with Crippen molar-refractivity contribution in [1.82, 2.24) is 0 Å². The van der Waals surface area contributed by atoms with Crippen molar-refractivity contribution in [2.24, 2.45) is 5.92 Å². The van der Waals surface area contributed by atoms with Gasteiger partial charge in [-0.05, 0) is 68.0 Å². The maximum Gasteiger partial charge on any atom is 0.514 e. The molecular formula is C27H28FO3S+. The highest BCUT2D eigenvalue weighted by atomic mass is 32.2. The zero-order valence-corrected chi connectivity index (χ0v) is 19.2. The van der Waals surface area contributed by atoms with Crippen molar-refractivity contribution in [3.63, 3.8) is 0 Å². The predicted molar refractivity (Wildman–Crippen MR) is 125 cm³/mol. The zero-order chi connectivity index (χ0) is 22.6. The highest BCUT2D eigenvalue weighted by Gasteiger charge is 2.41. The minimum atomic E-state index is -0.837. The maximum absolute atomic E-state index is 14.6. The Bertz CT molecular complexity index is 1010. The van der Waals surface area contributed by atoms with Gasteiger partial charge >= 0.3 is 6.16 Å². The van der Waals surface area contributed by atoms with Gasteiger partial charge in [0.2, 0.25) is 0 Å². The fourth-order valence-electron chi connectivity index (χ4n) is 4.26. The van der Waals surface area contributed by atoms with Crippen LogP contribution in [0.1, 0.15) is 39.5 Å². The number of ether oxygens (including phenoxy) is 2. The molecule has 3 aromatic rings. The standard InChI is InChI=1S/C27H28FO3S/c1-20(2)27(17-9-10-18-27)31-26(29)30-25-19-23(15-16-24(25)28)32(21-11-5-3-6-12-21)22-13-7-4-8-14-22/h3-8,11-16,19-20H,9-10,17-18H2,1-2H3/q+1. The maximum atomic E-state index is 14.6. The van der Waals surface area contributed by atoms with Gasteiger partial charge in [-0.3, -0.25) is 0 Å². The summed E-state index contributed by atoms with van der Waals surface area (Å²) < 4.78 is 25.8. The van der Waals surface area contributed by atoms with Crippen LogP contribution >= 0.6 is 0 Å². The number of carbonyl (C=O) groups is 1. The Morgan fingerprint density at radius 2 is 1.44 bits per heavy atom. The molecule has 3 aromatic carbocycles. The third-order valence-electron chi connectivity index (χ3n) is 6.08. The largest absolute Gasteiger partial charge is 0.514 e. The van der Waals surface area contributed by atoms with Gasteiger partial charge in [0.15, 0.2) is 26.3 Å². The van der Waals surface area contributed by atoms with Crippen LogP contribution in [0.3, 0.4) is 0 Å². The van der Waals surface area contributed by atoms with Crippen molar-refractivity contribution in [2.45, 2.75) is 59.8 Å². The van der Waals surface area contributed by atoms with E-state index in [0.717, 1.165) is 40.4 Å². The van der Waals surface area contributed by atoms with E-state index in [1.165, 1.54) is 6.07 Å². The van der Waals surface area contributed by atoms with Crippen LogP contribution < -0.4 is 4.74 Å². The monoisotopic (exact) mass is 451 g/mol. The van der Waals surface area contributed by atoms with Gasteiger partial charge < -0.3 is 9.47 Å². The molecule has 0 atom stereocenters. The first-order valence-corrected chi connectivity index (χ1v) is 12.3. The smallest absolute Gasteiger partial charge is 0.427 e. The average molecular weight is 452 g/mol. The quantitative estimate of drug-likeness (QED) is 0.222. The highest BCUT2D eigenvalue weighted by Crippen LogP contribution is 2.40. The molecular weight excluding hydrogens is 423 g/mol. The molecule has 0 aliphatic heterocycles. The van der Waals surface area contributed by atoms with E-state index >= 15 is 0 Å². The SMILES string of the molecule is CC(C)C1(OC(=O)Oc2cc([S+](c3ccccc3)c3ccccc3)ccc2F)CCCC1. The third-order valence-corrected chi connectivity index (χ3v) is 8.29. The Kier molecular flexibility index (Phi) is 6.85. The second-order valence-electron chi connectivity index (χ2n) is 8.41. The van der Waals surface area contributed by atoms with E-state index in [9.17, 15) is 9.18 Å². The Balaban J connectivity index is 1.63. The second-order valence-corrected chi connectivity index (χ2v) is 10.4. The molecule has 3 nitrogen and oxygen atoms in total. The second kappa shape index (κ2) is 9.78. The molecule has 0 unspecified atom stereocenters. The Morgan fingerprint density at radius 1 is 0.875 bits per heavy atom. The summed E-state index contributed by atoms with van der Waals surface area (Å²) in [5.41, 5.74) is -0.524. The van der Waals surface area contributed by atoms with Crippen LogP contribution in [-0.4, -0.2) is 11.8 Å². The van der Waals surface area contributed by atoms with Crippen molar-refractivity contribution in [3.8, 4) is 5.75 Å². The summed E-state index contributed by atoms with van der Waals surface area (Å²) in [6, 6.07) is 24.9. The van der Waals surface area contributed by atoms with Gasteiger partial charge in [0.25, 0.3) is 0 Å². The lowest BCUT2D eigenvalue weighted by atomic mass is 9.88. The van der Waals surface area contributed by atoms with Gasteiger partial charge in [-0.1, -0.05) is 50.2 Å². The summed E-state index contributed by atoms with van der Waals surface area (Å²) in [7, 11) is -0.466. The molecule has 0 amide bonds. The molecule has 0 spiro atoms. The van der Waals surface area contributed by atoms with E-state index in [0.29, 0.717) is 0 Å². The molecule has 0 saturated heterocycles. The molecule has 1 fully saturated rings. The fourth-order valence-corrected chi connectivity index (χ4v) is 6.36. The minimum absolute atomic E-state index is 0.103. The van der Waals surface area contributed by atoms with Gasteiger partial charge in [0, 0.05) is 6.07 Å². The minimum Gasteiger partial charge on any atom is -0.427 e. The first-order chi connectivity index (χ1) is 15.5. The molecule has 1 aliphatic carbocycles. The molecule has 166 valence electrons. The number of benzene rings is 3. The van der Waals surface area contributed by atoms with E-state index in [2.05, 4.69) is 24.3 Å². The molecule has 0 bridgehead atoms. The molecule has 5 heteroatoms. The first-order valence-electron chi connectivity index (χ1n) is 11.0. The van der Waals surface area contributed by atoms with Crippen LogP contribution in [0, 0.1) is 11.7 Å². The van der Waals surface area contributed by atoms with Crippen LogP contribution in [0.4, 0.5) is 9.18 Å². The summed E-state index contributed by atoms with van der Waals surface area (Å²) in [6.45, 7) is 4.09. The summed E-state index contributed by atoms with van der Waals surface area (Å²) in [5, 5.41) is 0. The topological polar surface area (TPSA) is 35.5 Å². The number of hydrogen-bond acceptors (Lipinski definition) is 3. The first kappa shape index (κ1) is 22.4. The summed E-state index contributed by atoms with van der Waals surface area (Å²) >= 11 is 0. The van der Waals surface area contributed by atoms with Gasteiger partial charge in [0.05, 0.1) is 10.9 Å². The number of halogens is 1. The summed E-state index contributed by atoms with van der Waals surface area (Å²) in [5.74, 6) is -0.509. The predicted octanol–water partition coefficient (Wildman–Crippen LogP) is 7.41. The van der Waals surface area contributed by atoms with Gasteiger partial charge in [0.1, 0.15) is 5.60 Å². The number of hydrogen-bond donors (Lipinski definition) is 0. The average Bonchev–Trinajstić information content (AvgIpc) is 3.27. The molecule has 0 aromatic heterocycles. The lowest BCUT2D eigenvalue weighted by Gasteiger charge is -2.32. The van der Waals surface area contributed by atoms with E-state index in [4.69, 9.17) is 9.47 Å². The Hall–Kier alpha value is -2.79. The third kappa shape index (κ3) is 4.83. The van der Waals surface area contributed by atoms with Gasteiger partial charge in [-0.15, -0.1) is 0 Å². The van der Waals surface area contributed by atoms with Gasteiger partial charge in [-0.25, -0.2) is 9.18 Å². The van der Waals surface area contributed by atoms with Crippen LogP contribution in [0.15, 0.2) is 93.5 Å². The highest BCUT2D eigenvalue weighted by molar-refractivity contribution is 7.97. The van der Waals surface area contributed by atoms with E-state index in [1.54, 1.807) is 12.1 Å². The lowest BCUT2D eigenvalue weighted by molar-refractivity contribution is -0.0403. The Labute approximate surface area is 191 Å². The number of rotatable bonds is 6. The summed E-state index contributed by atoms with van der Waals surface area (Å²) in [4.78, 5) is 15.7. The van der Waals surface area contributed by atoms with Crippen LogP contribution in [0.5, 0.6) is 5.75 Å². The van der Waals surface area contributed by atoms with Crippen molar-refractivity contribution in [2.75, 3.05) is 0 Å². The Morgan fingerprint density at radius 3 is 1.97 bits per heavy atom. The van der Waals surface area contributed by atoms with E-state index < -0.39 is 28.5 Å². The van der Waals surface area contributed by atoms with Crippen LogP contribution in [0.25, 0.3) is 0 Å². The lowest BCUT2D eigenvalue weighted by Crippen LogP contribution is -2.38. The van der Waals surface area contributed by atoms with Crippen LogP contribution in [0.2, 0.25) is 0 Å². The van der Waals surface area contributed by atoms with E-state index in [1.807, 2.05) is 50.2 Å². The van der Waals surface area contributed by atoms with Gasteiger partial charge in [-0.2, -0.15) is 0 Å². The van der Waals surface area contributed by atoms with Crippen molar-refractivity contribution >= 4 is 17.1 Å². The number of carbonyl (C=O) groups excluding carboxylic acids is 1. The van der Waals surface area contributed by atoms with Crippen molar-refractivity contribution < 1.29 is 18.7 Å². The molecule has 1 aliphatic rings. The normalized spacial score (nSPS) is 15.2. The van der Waals surface area contributed by atoms with Crippen molar-refractivity contribution in [3.05, 3.63) is 84.7 Å². The summed E-state index contributed by atoms with van der Waals surface area (Å²) in [6.07, 6.45) is 2.83. The molecule has 0 radical (unpaired) electrons. The molecule has 4 rings (SSSR count). The van der Waals surface area contributed by atoms with Crippen molar-refractivity contribution in [1.29, 1.82) is 0 Å². The molecule has 1 saturated carbocycles. The van der Waals surface area contributed by atoms with E-state index in [-0.39, 0.29) is 11.7 Å². The fraction of sp³-hybridized carbons (Fsp3) is 0.296. The van der Waals surface area contributed by atoms with Crippen LogP contribution in [-0.2, 0) is 15.6 Å². The molecule has 32 heavy (non-hydrogen) atoms. The molecule has 0 N–H and O–H groups in total. The zero-order valence-electron chi connectivity index (χ0n) is 18.4. The molecule has 0 heterocycles.